The Labute approximate surface area is 102 Å². The van der Waals surface area contributed by atoms with Crippen molar-refractivity contribution >= 4 is 10.0 Å². The molecule has 0 radical (unpaired) electrons. The Bertz CT molecular complexity index is 521. The van der Waals surface area contributed by atoms with Crippen LogP contribution in [-0.2, 0) is 10.0 Å². The SMILES string of the molecule is C=C(CC)COc1ccc(C)cc1S(N)(=O)=O. The van der Waals surface area contributed by atoms with E-state index in [9.17, 15) is 8.42 Å². The smallest absolute Gasteiger partial charge is 0.241 e. The predicted octanol–water partition coefficient (Wildman–Crippen LogP) is 1.99. The molecule has 0 heterocycles. The molecule has 0 aliphatic heterocycles. The molecule has 5 heteroatoms. The summed E-state index contributed by atoms with van der Waals surface area (Å²) in [4.78, 5) is 0.0152. The van der Waals surface area contributed by atoms with Crippen molar-refractivity contribution in [2.45, 2.75) is 25.2 Å². The van der Waals surface area contributed by atoms with Crippen molar-refractivity contribution in [1.82, 2.24) is 0 Å². The quantitative estimate of drug-likeness (QED) is 0.818. The Balaban J connectivity index is 3.04. The van der Waals surface area contributed by atoms with Gasteiger partial charge in [-0.25, -0.2) is 13.6 Å². The van der Waals surface area contributed by atoms with Crippen LogP contribution in [0.4, 0.5) is 0 Å². The van der Waals surface area contributed by atoms with E-state index in [4.69, 9.17) is 9.88 Å². The summed E-state index contributed by atoms with van der Waals surface area (Å²) >= 11 is 0. The van der Waals surface area contributed by atoms with Crippen molar-refractivity contribution in [2.75, 3.05) is 6.61 Å². The van der Waals surface area contributed by atoms with Gasteiger partial charge in [-0.15, -0.1) is 0 Å². The van der Waals surface area contributed by atoms with E-state index < -0.39 is 10.0 Å². The Morgan fingerprint density at radius 3 is 2.65 bits per heavy atom. The van der Waals surface area contributed by atoms with Crippen LogP contribution < -0.4 is 9.88 Å². The van der Waals surface area contributed by atoms with E-state index in [1.165, 1.54) is 6.07 Å². The fraction of sp³-hybridized carbons (Fsp3) is 0.333. The number of hydrogen-bond acceptors (Lipinski definition) is 3. The van der Waals surface area contributed by atoms with Crippen LogP contribution in [-0.4, -0.2) is 15.0 Å². The topological polar surface area (TPSA) is 69.4 Å². The van der Waals surface area contributed by atoms with Gasteiger partial charge in [-0.1, -0.05) is 19.6 Å². The largest absolute Gasteiger partial charge is 0.488 e. The van der Waals surface area contributed by atoms with E-state index in [0.717, 1.165) is 17.6 Å². The molecule has 0 aromatic heterocycles. The molecule has 0 unspecified atom stereocenters. The Kier molecular flexibility index (Phi) is 4.31. The van der Waals surface area contributed by atoms with E-state index in [-0.39, 0.29) is 10.6 Å². The highest BCUT2D eigenvalue weighted by Crippen LogP contribution is 2.24. The first-order valence-corrected chi connectivity index (χ1v) is 6.82. The molecule has 1 aromatic rings. The maximum Gasteiger partial charge on any atom is 0.241 e. The molecule has 0 bridgehead atoms. The second-order valence-corrected chi connectivity index (χ2v) is 5.42. The maximum atomic E-state index is 11.4. The Morgan fingerprint density at radius 1 is 1.47 bits per heavy atom. The highest BCUT2D eigenvalue weighted by Gasteiger charge is 2.15. The second kappa shape index (κ2) is 5.33. The molecule has 0 amide bonds. The molecule has 0 saturated carbocycles. The van der Waals surface area contributed by atoms with Gasteiger partial charge in [-0.05, 0) is 36.6 Å². The summed E-state index contributed by atoms with van der Waals surface area (Å²) in [5.74, 6) is 0.271. The summed E-state index contributed by atoms with van der Waals surface area (Å²) in [7, 11) is -3.77. The number of ether oxygens (including phenoxy) is 1. The molecule has 1 aromatic carbocycles. The molecule has 0 atom stereocenters. The van der Waals surface area contributed by atoms with Crippen LogP contribution in [0.2, 0.25) is 0 Å². The summed E-state index contributed by atoms with van der Waals surface area (Å²) in [5, 5.41) is 5.14. The van der Waals surface area contributed by atoms with Crippen LogP contribution in [0.15, 0.2) is 35.2 Å². The van der Waals surface area contributed by atoms with Gasteiger partial charge < -0.3 is 4.74 Å². The van der Waals surface area contributed by atoms with E-state index in [1.807, 2.05) is 6.92 Å². The first kappa shape index (κ1) is 13.7. The van der Waals surface area contributed by atoms with Crippen molar-refractivity contribution < 1.29 is 13.2 Å². The number of rotatable bonds is 5. The second-order valence-electron chi connectivity index (χ2n) is 3.89. The zero-order valence-electron chi connectivity index (χ0n) is 10.1. The van der Waals surface area contributed by atoms with E-state index >= 15 is 0 Å². The van der Waals surface area contributed by atoms with Gasteiger partial charge in [0.05, 0.1) is 0 Å². The molecule has 0 saturated heterocycles. The zero-order valence-corrected chi connectivity index (χ0v) is 10.9. The third-order valence-electron chi connectivity index (χ3n) is 2.34. The molecule has 17 heavy (non-hydrogen) atoms. The Morgan fingerprint density at radius 2 is 2.12 bits per heavy atom. The molecule has 0 aliphatic rings. The summed E-state index contributed by atoms with van der Waals surface area (Å²) in [6, 6.07) is 4.89. The molecule has 4 nitrogen and oxygen atoms in total. The molecule has 1 rings (SSSR count). The van der Waals surface area contributed by atoms with Crippen LogP contribution in [0, 0.1) is 6.92 Å². The number of sulfonamides is 1. The minimum atomic E-state index is -3.77. The Hall–Kier alpha value is -1.33. The standard InChI is InChI=1S/C12H17NO3S/c1-4-9(2)8-16-11-6-5-10(3)7-12(11)17(13,14)15/h5-7H,2,4,8H2,1,3H3,(H2,13,14,15). The minimum absolute atomic E-state index is 0.0152. The van der Waals surface area contributed by atoms with Crippen molar-refractivity contribution in [3.05, 3.63) is 35.9 Å². The lowest BCUT2D eigenvalue weighted by atomic mass is 10.2. The van der Waals surface area contributed by atoms with Crippen LogP contribution in [0.3, 0.4) is 0 Å². The van der Waals surface area contributed by atoms with Crippen LogP contribution in [0.1, 0.15) is 18.9 Å². The number of nitrogens with two attached hydrogens (primary N) is 1. The molecule has 0 aliphatic carbocycles. The van der Waals surface area contributed by atoms with Gasteiger partial charge in [0.15, 0.2) is 0 Å². The van der Waals surface area contributed by atoms with E-state index in [0.29, 0.717) is 6.61 Å². The fourth-order valence-corrected chi connectivity index (χ4v) is 2.00. The average molecular weight is 255 g/mol. The van der Waals surface area contributed by atoms with Crippen molar-refractivity contribution in [3.8, 4) is 5.75 Å². The van der Waals surface area contributed by atoms with Gasteiger partial charge in [0.1, 0.15) is 17.3 Å². The summed E-state index contributed by atoms with van der Waals surface area (Å²) < 4.78 is 28.2. The first-order valence-electron chi connectivity index (χ1n) is 5.27. The monoisotopic (exact) mass is 255 g/mol. The van der Waals surface area contributed by atoms with Gasteiger partial charge in [-0.3, -0.25) is 0 Å². The minimum Gasteiger partial charge on any atom is -0.488 e. The third-order valence-corrected chi connectivity index (χ3v) is 3.27. The molecule has 94 valence electrons. The van der Waals surface area contributed by atoms with E-state index in [1.54, 1.807) is 19.1 Å². The molecular formula is C12H17NO3S. The zero-order chi connectivity index (χ0) is 13.1. The highest BCUT2D eigenvalue weighted by atomic mass is 32.2. The molecular weight excluding hydrogens is 238 g/mol. The molecule has 0 fully saturated rings. The van der Waals surface area contributed by atoms with Gasteiger partial charge in [-0.2, -0.15) is 0 Å². The van der Waals surface area contributed by atoms with Crippen molar-refractivity contribution in [1.29, 1.82) is 0 Å². The van der Waals surface area contributed by atoms with Crippen molar-refractivity contribution in [3.63, 3.8) is 0 Å². The average Bonchev–Trinajstić information content (AvgIpc) is 2.25. The maximum absolute atomic E-state index is 11.4. The lowest BCUT2D eigenvalue weighted by molar-refractivity contribution is 0.339. The first-order chi connectivity index (χ1) is 7.84. The van der Waals surface area contributed by atoms with Gasteiger partial charge in [0.2, 0.25) is 10.0 Å². The van der Waals surface area contributed by atoms with Gasteiger partial charge >= 0.3 is 0 Å². The number of benzene rings is 1. The predicted molar refractivity (Wildman–Crippen MR) is 67.5 cm³/mol. The number of primary sulfonamides is 1. The fourth-order valence-electron chi connectivity index (χ4n) is 1.24. The third kappa shape index (κ3) is 3.87. The normalized spacial score (nSPS) is 11.2. The van der Waals surface area contributed by atoms with Crippen molar-refractivity contribution in [2.24, 2.45) is 5.14 Å². The van der Waals surface area contributed by atoms with Crippen LogP contribution in [0.5, 0.6) is 5.75 Å². The lowest BCUT2D eigenvalue weighted by Crippen LogP contribution is -2.14. The number of aryl methyl sites for hydroxylation is 1. The molecule has 2 N–H and O–H groups in total. The highest BCUT2D eigenvalue weighted by molar-refractivity contribution is 7.89. The summed E-state index contributed by atoms with van der Waals surface area (Å²) in [5.41, 5.74) is 1.71. The van der Waals surface area contributed by atoms with Gasteiger partial charge in [0.25, 0.3) is 0 Å². The summed E-state index contributed by atoms with van der Waals surface area (Å²) in [6.45, 7) is 7.84. The summed E-state index contributed by atoms with van der Waals surface area (Å²) in [6.07, 6.45) is 0.788. The molecule has 0 spiro atoms. The van der Waals surface area contributed by atoms with Crippen LogP contribution >= 0.6 is 0 Å². The lowest BCUT2D eigenvalue weighted by Gasteiger charge is -2.11. The van der Waals surface area contributed by atoms with Gasteiger partial charge in [0, 0.05) is 0 Å². The van der Waals surface area contributed by atoms with Crippen LogP contribution in [0.25, 0.3) is 0 Å². The van der Waals surface area contributed by atoms with E-state index in [2.05, 4.69) is 6.58 Å². The number of hydrogen-bond donors (Lipinski definition) is 1.